The number of benzene rings is 2. The molecule has 0 N–H and O–H groups in total. The number of carbonyl (C=O) groups is 1. The molecule has 2 aromatic carbocycles. The van der Waals surface area contributed by atoms with Gasteiger partial charge in [0.2, 0.25) is 0 Å². The summed E-state index contributed by atoms with van der Waals surface area (Å²) in [5, 5.41) is 7.54. The van der Waals surface area contributed by atoms with Crippen LogP contribution in [0.1, 0.15) is 24.2 Å². The number of nitrogens with zero attached hydrogens (tertiary/aromatic N) is 2. The van der Waals surface area contributed by atoms with Gasteiger partial charge in [-0.3, -0.25) is 4.79 Å². The lowest BCUT2D eigenvalue weighted by atomic mass is 10.1. The van der Waals surface area contributed by atoms with E-state index in [9.17, 15) is 9.18 Å². The summed E-state index contributed by atoms with van der Waals surface area (Å²) < 4.78 is 24.6. The van der Waals surface area contributed by atoms with Crippen LogP contribution in [0.5, 0.6) is 5.75 Å². The Morgan fingerprint density at radius 2 is 1.92 bits per heavy atom. The van der Waals surface area contributed by atoms with E-state index in [0.29, 0.717) is 12.2 Å². The van der Waals surface area contributed by atoms with E-state index in [1.807, 2.05) is 6.92 Å². The maximum Gasteiger partial charge on any atom is 0.277 e. The van der Waals surface area contributed by atoms with Crippen LogP contribution in [0.15, 0.2) is 58.2 Å². The Labute approximate surface area is 154 Å². The monoisotopic (exact) mass is 372 g/mol. The summed E-state index contributed by atoms with van der Waals surface area (Å²) in [6.45, 7) is 4.23. The topological polar surface area (TPSA) is 65.2 Å². The summed E-state index contributed by atoms with van der Waals surface area (Å²) in [5.74, 6) is 0.303. The Morgan fingerprint density at radius 3 is 2.62 bits per heavy atom. The van der Waals surface area contributed by atoms with Crippen molar-refractivity contribution in [2.24, 2.45) is 0 Å². The van der Waals surface area contributed by atoms with Crippen LogP contribution in [-0.4, -0.2) is 27.8 Å². The number of thioether (sulfide) groups is 1. The van der Waals surface area contributed by atoms with Gasteiger partial charge in [-0.05, 0) is 50.2 Å². The van der Waals surface area contributed by atoms with Crippen molar-refractivity contribution in [3.63, 3.8) is 0 Å². The largest absolute Gasteiger partial charge is 0.494 e. The van der Waals surface area contributed by atoms with E-state index in [2.05, 4.69) is 10.2 Å². The fraction of sp³-hybridized carbons (Fsp3) is 0.211. The van der Waals surface area contributed by atoms with E-state index in [1.165, 1.54) is 6.07 Å². The van der Waals surface area contributed by atoms with E-state index >= 15 is 0 Å². The van der Waals surface area contributed by atoms with Crippen LogP contribution < -0.4 is 4.74 Å². The van der Waals surface area contributed by atoms with Gasteiger partial charge in [-0.25, -0.2) is 4.39 Å². The van der Waals surface area contributed by atoms with Crippen molar-refractivity contribution in [1.29, 1.82) is 0 Å². The van der Waals surface area contributed by atoms with Crippen molar-refractivity contribution in [2.75, 3.05) is 6.61 Å². The number of aromatic nitrogens is 2. The normalized spacial score (nSPS) is 12.0. The maximum absolute atomic E-state index is 13.8. The van der Waals surface area contributed by atoms with Crippen molar-refractivity contribution >= 4 is 17.5 Å². The molecule has 3 aromatic rings. The zero-order valence-corrected chi connectivity index (χ0v) is 15.1. The average Bonchev–Trinajstić information content (AvgIpc) is 3.10. The van der Waals surface area contributed by atoms with Gasteiger partial charge in [0.1, 0.15) is 11.6 Å². The molecular weight excluding hydrogens is 355 g/mol. The van der Waals surface area contributed by atoms with Crippen LogP contribution in [0.2, 0.25) is 0 Å². The standard InChI is InChI=1S/C19H17FN2O3S/c1-3-24-14-10-8-13(9-11-14)17(23)12(2)26-19-22-21-18(25-19)15-6-4-5-7-16(15)20/h4-12H,3H2,1-2H3/t12-/m0/s1. The molecule has 7 heteroatoms. The predicted molar refractivity (Wildman–Crippen MR) is 97.0 cm³/mol. The molecule has 0 aliphatic rings. The minimum absolute atomic E-state index is 0.0660. The van der Waals surface area contributed by atoms with Crippen LogP contribution in [0, 0.1) is 5.82 Å². The van der Waals surface area contributed by atoms with E-state index in [4.69, 9.17) is 9.15 Å². The molecule has 5 nitrogen and oxygen atoms in total. The smallest absolute Gasteiger partial charge is 0.277 e. The molecule has 0 amide bonds. The first-order valence-corrected chi connectivity index (χ1v) is 8.98. The number of hydrogen-bond acceptors (Lipinski definition) is 6. The van der Waals surface area contributed by atoms with E-state index in [0.717, 1.165) is 17.5 Å². The fourth-order valence-corrected chi connectivity index (χ4v) is 3.08. The Kier molecular flexibility index (Phi) is 5.68. The van der Waals surface area contributed by atoms with Gasteiger partial charge >= 0.3 is 0 Å². The molecule has 1 heterocycles. The highest BCUT2D eigenvalue weighted by molar-refractivity contribution is 8.00. The first kappa shape index (κ1) is 18.1. The van der Waals surface area contributed by atoms with Gasteiger partial charge in [-0.1, -0.05) is 23.9 Å². The third kappa shape index (κ3) is 4.11. The summed E-state index contributed by atoms with van der Waals surface area (Å²) in [4.78, 5) is 12.5. The van der Waals surface area contributed by atoms with E-state index < -0.39 is 11.1 Å². The lowest BCUT2D eigenvalue weighted by Crippen LogP contribution is -2.13. The highest BCUT2D eigenvalue weighted by Crippen LogP contribution is 2.29. The number of hydrogen-bond donors (Lipinski definition) is 0. The Morgan fingerprint density at radius 1 is 1.19 bits per heavy atom. The number of carbonyl (C=O) groups excluding carboxylic acids is 1. The second-order valence-corrected chi connectivity index (χ2v) is 6.73. The molecule has 1 aromatic heterocycles. The van der Waals surface area contributed by atoms with Crippen molar-refractivity contribution in [2.45, 2.75) is 24.3 Å². The number of Topliss-reactive ketones (excluding diaryl/α,β-unsaturated/α-hetero) is 1. The number of ketones is 1. The molecule has 134 valence electrons. The molecule has 3 rings (SSSR count). The lowest BCUT2D eigenvalue weighted by molar-refractivity contribution is 0.0993. The van der Waals surface area contributed by atoms with Gasteiger partial charge in [-0.15, -0.1) is 10.2 Å². The van der Waals surface area contributed by atoms with Gasteiger partial charge in [0.15, 0.2) is 5.78 Å². The highest BCUT2D eigenvalue weighted by atomic mass is 32.2. The summed E-state index contributed by atoms with van der Waals surface area (Å²) in [5.41, 5.74) is 0.805. The molecule has 0 bridgehead atoms. The summed E-state index contributed by atoms with van der Waals surface area (Å²) in [7, 11) is 0. The van der Waals surface area contributed by atoms with Crippen LogP contribution in [0.4, 0.5) is 4.39 Å². The third-order valence-corrected chi connectivity index (χ3v) is 4.54. The first-order valence-electron chi connectivity index (χ1n) is 8.10. The van der Waals surface area contributed by atoms with Gasteiger partial charge in [0.25, 0.3) is 11.1 Å². The summed E-state index contributed by atoms with van der Waals surface area (Å²) >= 11 is 1.14. The second kappa shape index (κ2) is 8.14. The summed E-state index contributed by atoms with van der Waals surface area (Å²) in [6, 6.07) is 13.1. The molecular formula is C19H17FN2O3S. The van der Waals surface area contributed by atoms with Crippen LogP contribution in [0.3, 0.4) is 0 Å². The Hall–Kier alpha value is -2.67. The highest BCUT2D eigenvalue weighted by Gasteiger charge is 2.21. The molecule has 0 aliphatic heterocycles. The van der Waals surface area contributed by atoms with E-state index in [1.54, 1.807) is 49.4 Å². The minimum Gasteiger partial charge on any atom is -0.494 e. The maximum atomic E-state index is 13.8. The zero-order valence-electron chi connectivity index (χ0n) is 14.3. The zero-order chi connectivity index (χ0) is 18.5. The quantitative estimate of drug-likeness (QED) is 0.445. The van der Waals surface area contributed by atoms with Crippen LogP contribution in [-0.2, 0) is 0 Å². The summed E-state index contributed by atoms with van der Waals surface area (Å²) in [6.07, 6.45) is 0. The van der Waals surface area contributed by atoms with Crippen LogP contribution >= 0.6 is 11.8 Å². The molecule has 0 saturated heterocycles. The van der Waals surface area contributed by atoms with Gasteiger partial charge in [0, 0.05) is 5.56 Å². The predicted octanol–water partition coefficient (Wildman–Crippen LogP) is 4.64. The van der Waals surface area contributed by atoms with Crippen molar-refractivity contribution in [1.82, 2.24) is 10.2 Å². The van der Waals surface area contributed by atoms with Crippen molar-refractivity contribution < 1.29 is 18.3 Å². The van der Waals surface area contributed by atoms with Gasteiger partial charge in [-0.2, -0.15) is 0 Å². The molecule has 1 atom stereocenters. The first-order chi connectivity index (χ1) is 12.6. The SMILES string of the molecule is CCOc1ccc(C(=O)[C@H](C)Sc2nnc(-c3ccccc3F)o2)cc1. The Bertz CT molecular complexity index is 896. The molecule has 0 aliphatic carbocycles. The molecule has 0 fully saturated rings. The number of rotatable bonds is 7. The molecule has 0 spiro atoms. The molecule has 26 heavy (non-hydrogen) atoms. The number of halogens is 1. The fourth-order valence-electron chi connectivity index (χ4n) is 2.32. The van der Waals surface area contributed by atoms with Gasteiger partial charge < -0.3 is 9.15 Å². The van der Waals surface area contributed by atoms with E-state index in [-0.39, 0.29) is 22.5 Å². The lowest BCUT2D eigenvalue weighted by Gasteiger charge is -2.08. The van der Waals surface area contributed by atoms with Crippen molar-refractivity contribution in [3.05, 3.63) is 59.9 Å². The van der Waals surface area contributed by atoms with Crippen molar-refractivity contribution in [3.8, 4) is 17.2 Å². The molecule has 0 radical (unpaired) electrons. The third-order valence-electron chi connectivity index (χ3n) is 3.61. The number of ether oxygens (including phenoxy) is 1. The van der Waals surface area contributed by atoms with Crippen LogP contribution in [0.25, 0.3) is 11.5 Å². The Balaban J connectivity index is 1.69. The second-order valence-electron chi connectivity index (χ2n) is 5.43. The molecule has 0 unspecified atom stereocenters. The average molecular weight is 372 g/mol. The van der Waals surface area contributed by atoms with Gasteiger partial charge in [0.05, 0.1) is 17.4 Å². The molecule has 0 saturated carbocycles. The minimum atomic E-state index is -0.439.